The van der Waals surface area contributed by atoms with Crippen molar-refractivity contribution >= 4 is 5.69 Å². The van der Waals surface area contributed by atoms with Crippen molar-refractivity contribution in [3.8, 4) is 0 Å². The van der Waals surface area contributed by atoms with Crippen LogP contribution in [0.3, 0.4) is 0 Å². The van der Waals surface area contributed by atoms with Crippen molar-refractivity contribution in [2.24, 2.45) is 0 Å². The van der Waals surface area contributed by atoms with E-state index in [0.29, 0.717) is 12.1 Å². The average molecular weight is 274 g/mol. The van der Waals surface area contributed by atoms with E-state index in [1.165, 1.54) is 23.3 Å². The van der Waals surface area contributed by atoms with E-state index in [0.717, 1.165) is 31.3 Å². The van der Waals surface area contributed by atoms with Crippen molar-refractivity contribution in [3.05, 3.63) is 64.7 Å². The van der Waals surface area contributed by atoms with Gasteiger partial charge in [-0.3, -0.25) is 4.90 Å². The summed E-state index contributed by atoms with van der Waals surface area (Å²) in [7, 11) is 0. The molecule has 1 aliphatic rings. The lowest BCUT2D eigenvalue weighted by atomic mass is 9.97. The summed E-state index contributed by atoms with van der Waals surface area (Å²) in [6, 6.07) is 9.47. The molecule has 0 amide bonds. The molecule has 0 bridgehead atoms. The van der Waals surface area contributed by atoms with Gasteiger partial charge < -0.3 is 5.73 Å². The first-order chi connectivity index (χ1) is 9.63. The summed E-state index contributed by atoms with van der Waals surface area (Å²) in [6.07, 6.45) is 0.846. The second-order valence-corrected chi connectivity index (χ2v) is 5.18. The predicted octanol–water partition coefficient (Wildman–Crippen LogP) is 3.11. The van der Waals surface area contributed by atoms with Gasteiger partial charge in [0.2, 0.25) is 0 Å². The zero-order chi connectivity index (χ0) is 14.1. The molecular formula is C16H16F2N2. The second kappa shape index (κ2) is 5.21. The van der Waals surface area contributed by atoms with Crippen molar-refractivity contribution in [1.82, 2.24) is 4.90 Å². The number of nitrogens with two attached hydrogens (primary N) is 1. The molecule has 4 heteroatoms. The lowest BCUT2D eigenvalue weighted by molar-refractivity contribution is 0.242. The van der Waals surface area contributed by atoms with E-state index in [1.54, 1.807) is 0 Å². The number of anilines is 1. The molecule has 2 nitrogen and oxygen atoms in total. The third kappa shape index (κ3) is 2.51. The molecule has 1 heterocycles. The molecular weight excluding hydrogens is 258 g/mol. The number of fused-ring (bicyclic) bond motifs is 1. The van der Waals surface area contributed by atoms with Crippen LogP contribution < -0.4 is 5.73 Å². The monoisotopic (exact) mass is 274 g/mol. The van der Waals surface area contributed by atoms with Crippen LogP contribution in [0, 0.1) is 11.6 Å². The highest BCUT2D eigenvalue weighted by Crippen LogP contribution is 2.25. The largest absolute Gasteiger partial charge is 0.398 e. The van der Waals surface area contributed by atoms with E-state index in [-0.39, 0.29) is 5.82 Å². The maximum atomic E-state index is 13.7. The molecule has 0 radical (unpaired) electrons. The van der Waals surface area contributed by atoms with Gasteiger partial charge in [0.05, 0.1) is 0 Å². The van der Waals surface area contributed by atoms with Crippen LogP contribution in [-0.4, -0.2) is 11.4 Å². The zero-order valence-electron chi connectivity index (χ0n) is 11.1. The Bertz CT molecular complexity index is 640. The molecule has 2 aromatic rings. The summed E-state index contributed by atoms with van der Waals surface area (Å²) in [5, 5.41) is 0. The number of hydrogen-bond acceptors (Lipinski definition) is 2. The summed E-state index contributed by atoms with van der Waals surface area (Å²) >= 11 is 0. The Kier molecular flexibility index (Phi) is 3.40. The molecule has 0 fully saturated rings. The van der Waals surface area contributed by atoms with Gasteiger partial charge in [0.15, 0.2) is 0 Å². The quantitative estimate of drug-likeness (QED) is 0.853. The van der Waals surface area contributed by atoms with Gasteiger partial charge in [-0.1, -0.05) is 12.1 Å². The van der Waals surface area contributed by atoms with Crippen LogP contribution in [0.2, 0.25) is 0 Å². The Morgan fingerprint density at radius 2 is 2.00 bits per heavy atom. The van der Waals surface area contributed by atoms with Crippen LogP contribution in [0.4, 0.5) is 14.5 Å². The third-order valence-electron chi connectivity index (χ3n) is 3.78. The van der Waals surface area contributed by atoms with Gasteiger partial charge in [0.1, 0.15) is 11.6 Å². The molecule has 3 rings (SSSR count). The van der Waals surface area contributed by atoms with Crippen molar-refractivity contribution < 1.29 is 8.78 Å². The molecule has 2 aromatic carbocycles. The minimum absolute atomic E-state index is 0.357. The highest BCUT2D eigenvalue weighted by molar-refractivity contribution is 5.51. The first-order valence-electron chi connectivity index (χ1n) is 6.66. The van der Waals surface area contributed by atoms with Crippen LogP contribution >= 0.6 is 0 Å². The maximum Gasteiger partial charge on any atom is 0.127 e. The molecule has 0 saturated heterocycles. The molecule has 2 N–H and O–H groups in total. The number of rotatable bonds is 2. The number of hydrogen-bond donors (Lipinski definition) is 1. The maximum absolute atomic E-state index is 13.7. The third-order valence-corrected chi connectivity index (χ3v) is 3.78. The smallest absolute Gasteiger partial charge is 0.127 e. The topological polar surface area (TPSA) is 29.3 Å². The number of benzene rings is 2. The van der Waals surface area contributed by atoms with E-state index in [1.807, 2.05) is 18.2 Å². The summed E-state index contributed by atoms with van der Waals surface area (Å²) in [6.45, 7) is 1.94. The summed E-state index contributed by atoms with van der Waals surface area (Å²) in [5.41, 5.74) is 9.53. The van der Waals surface area contributed by atoms with Gasteiger partial charge >= 0.3 is 0 Å². The summed E-state index contributed by atoms with van der Waals surface area (Å²) in [5.74, 6) is -0.757. The van der Waals surface area contributed by atoms with E-state index in [4.69, 9.17) is 5.73 Å². The fourth-order valence-electron chi connectivity index (χ4n) is 2.74. The van der Waals surface area contributed by atoms with Crippen molar-refractivity contribution in [1.29, 1.82) is 0 Å². The molecule has 0 aromatic heterocycles. The molecule has 0 aliphatic carbocycles. The minimum atomic E-state index is -0.400. The van der Waals surface area contributed by atoms with Gasteiger partial charge in [-0.2, -0.15) is 0 Å². The first kappa shape index (κ1) is 13.1. The molecule has 0 unspecified atom stereocenters. The van der Waals surface area contributed by atoms with Crippen LogP contribution in [0.15, 0.2) is 36.4 Å². The fourth-order valence-corrected chi connectivity index (χ4v) is 2.74. The highest BCUT2D eigenvalue weighted by Gasteiger charge is 2.19. The SMILES string of the molecule is Nc1cccc2c1CCN(Cc1cc(F)ccc1F)C2. The molecule has 20 heavy (non-hydrogen) atoms. The van der Waals surface area contributed by atoms with Crippen molar-refractivity contribution in [2.75, 3.05) is 12.3 Å². The molecule has 104 valence electrons. The van der Waals surface area contributed by atoms with Crippen LogP contribution in [-0.2, 0) is 19.5 Å². The van der Waals surface area contributed by atoms with E-state index in [2.05, 4.69) is 4.90 Å². The lowest BCUT2D eigenvalue weighted by Gasteiger charge is -2.29. The number of nitrogens with zero attached hydrogens (tertiary/aromatic N) is 1. The number of nitrogen functional groups attached to an aromatic ring is 1. The number of halogens is 2. The van der Waals surface area contributed by atoms with Crippen LogP contribution in [0.25, 0.3) is 0 Å². The second-order valence-electron chi connectivity index (χ2n) is 5.18. The highest BCUT2D eigenvalue weighted by atomic mass is 19.1. The summed E-state index contributed by atoms with van der Waals surface area (Å²) in [4.78, 5) is 2.11. The van der Waals surface area contributed by atoms with Crippen LogP contribution in [0.1, 0.15) is 16.7 Å². The molecule has 1 aliphatic heterocycles. The van der Waals surface area contributed by atoms with Gasteiger partial charge in [-0.05, 0) is 41.8 Å². The van der Waals surface area contributed by atoms with Gasteiger partial charge in [0, 0.05) is 30.9 Å². The Labute approximate surface area is 116 Å². The van der Waals surface area contributed by atoms with Crippen molar-refractivity contribution in [2.45, 2.75) is 19.5 Å². The lowest BCUT2D eigenvalue weighted by Crippen LogP contribution is -2.30. The minimum Gasteiger partial charge on any atom is -0.398 e. The Balaban J connectivity index is 1.79. The van der Waals surface area contributed by atoms with E-state index < -0.39 is 5.82 Å². The summed E-state index contributed by atoms with van der Waals surface area (Å²) < 4.78 is 26.9. The Morgan fingerprint density at radius 1 is 1.15 bits per heavy atom. The van der Waals surface area contributed by atoms with Gasteiger partial charge in [-0.25, -0.2) is 8.78 Å². The van der Waals surface area contributed by atoms with E-state index >= 15 is 0 Å². The standard InChI is InChI=1S/C16H16F2N2/c17-13-4-5-15(18)12(8-13)10-20-7-6-14-11(9-20)2-1-3-16(14)19/h1-5,8H,6-7,9-10,19H2. The molecule has 0 atom stereocenters. The normalized spacial score (nSPS) is 15.1. The predicted molar refractivity (Wildman–Crippen MR) is 75.0 cm³/mol. The van der Waals surface area contributed by atoms with Gasteiger partial charge in [0.25, 0.3) is 0 Å². The fraction of sp³-hybridized carbons (Fsp3) is 0.250. The van der Waals surface area contributed by atoms with E-state index in [9.17, 15) is 8.78 Å². The average Bonchev–Trinajstić information content (AvgIpc) is 2.43. The first-order valence-corrected chi connectivity index (χ1v) is 6.66. The van der Waals surface area contributed by atoms with Crippen LogP contribution in [0.5, 0.6) is 0 Å². The Morgan fingerprint density at radius 3 is 2.85 bits per heavy atom. The van der Waals surface area contributed by atoms with Gasteiger partial charge in [-0.15, -0.1) is 0 Å². The Hall–Kier alpha value is -1.94. The molecule has 0 spiro atoms. The van der Waals surface area contributed by atoms with Crippen molar-refractivity contribution in [3.63, 3.8) is 0 Å². The zero-order valence-corrected chi connectivity index (χ0v) is 11.1. The molecule has 0 saturated carbocycles.